The minimum absolute atomic E-state index is 0.498. The monoisotopic (exact) mass is 270 g/mol. The maximum Gasteiger partial charge on any atom is 0.142 e. The van der Waals surface area contributed by atoms with Crippen molar-refractivity contribution in [3.05, 3.63) is 61.7 Å². The van der Waals surface area contributed by atoms with Gasteiger partial charge < -0.3 is 0 Å². The van der Waals surface area contributed by atoms with Crippen LogP contribution in [0.15, 0.2) is 76.0 Å². The van der Waals surface area contributed by atoms with Crippen LogP contribution in [-0.4, -0.2) is 24.8 Å². The number of benzene rings is 1. The van der Waals surface area contributed by atoms with Gasteiger partial charge in [-0.05, 0) is 22.8 Å². The minimum Gasteiger partial charge on any atom is -0.244 e. The molecule has 0 spiro atoms. The van der Waals surface area contributed by atoms with Crippen molar-refractivity contribution in [3.8, 4) is 0 Å². The van der Waals surface area contributed by atoms with Crippen molar-refractivity contribution in [1.29, 1.82) is 0 Å². The van der Waals surface area contributed by atoms with Crippen LogP contribution in [0.2, 0.25) is 0 Å². The lowest BCUT2D eigenvalue weighted by Gasteiger charge is -2.07. The van der Waals surface area contributed by atoms with E-state index in [-0.39, 0.29) is 0 Å². The summed E-state index contributed by atoms with van der Waals surface area (Å²) in [4.78, 5) is 10.1. The molecular weight excluding hydrogens is 260 g/mol. The van der Waals surface area contributed by atoms with Gasteiger partial charge in [0.2, 0.25) is 0 Å². The van der Waals surface area contributed by atoms with Crippen molar-refractivity contribution < 1.29 is 0 Å². The van der Waals surface area contributed by atoms with Gasteiger partial charge in [0.25, 0.3) is 0 Å². The molecule has 6 nitrogen and oxygen atoms in total. The van der Waals surface area contributed by atoms with Crippen LogP contribution in [0.25, 0.3) is 0 Å². The predicted molar refractivity (Wildman–Crippen MR) is 70.2 cm³/mol. The summed E-state index contributed by atoms with van der Waals surface area (Å²) in [5.74, 6) is 0. The van der Waals surface area contributed by atoms with Crippen LogP contribution < -0.4 is 0 Å². The second kappa shape index (κ2) is 5.49. The quantitative estimate of drug-likeness (QED) is 0.727. The van der Waals surface area contributed by atoms with Crippen LogP contribution in [0.3, 0.4) is 0 Å². The highest BCUT2D eigenvalue weighted by molar-refractivity contribution is 7.87. The Kier molecular flexibility index (Phi) is 3.37. The van der Waals surface area contributed by atoms with Crippen LogP contribution >= 0.6 is 0 Å². The van der Waals surface area contributed by atoms with E-state index in [0.717, 1.165) is 9.79 Å². The summed E-state index contributed by atoms with van der Waals surface area (Å²) >= 11 is 0. The van der Waals surface area contributed by atoms with Gasteiger partial charge in [-0.25, -0.2) is 14.6 Å². The van der Waals surface area contributed by atoms with Crippen molar-refractivity contribution in [2.75, 3.05) is 0 Å². The number of hydrogen-bond donors (Lipinski definition) is 0. The van der Waals surface area contributed by atoms with Crippen molar-refractivity contribution in [2.24, 2.45) is 4.47 Å². The third-order valence-corrected chi connectivity index (χ3v) is 4.04. The first-order valence-electron chi connectivity index (χ1n) is 5.54. The molecule has 0 radical (unpaired) electrons. The van der Waals surface area contributed by atoms with Crippen molar-refractivity contribution in [3.63, 3.8) is 0 Å². The van der Waals surface area contributed by atoms with Crippen molar-refractivity contribution >= 4 is 10.7 Å². The number of nitrogens with zero attached hydrogens (tertiary/aromatic N) is 6. The smallest absolute Gasteiger partial charge is 0.142 e. The van der Waals surface area contributed by atoms with Gasteiger partial charge in [-0.3, -0.25) is 0 Å². The first-order chi connectivity index (χ1) is 9.43. The topological polar surface area (TPSA) is 68.8 Å². The Balaban J connectivity index is 2.12. The fourth-order valence-electron chi connectivity index (χ4n) is 1.50. The molecular formula is C12H10N6S. The third kappa shape index (κ3) is 2.71. The first-order valence-corrected chi connectivity index (χ1v) is 6.73. The molecule has 3 aromatic rings. The molecule has 1 atom stereocenters. The van der Waals surface area contributed by atoms with Gasteiger partial charge in [0.1, 0.15) is 19.0 Å². The van der Waals surface area contributed by atoms with Gasteiger partial charge in [0.15, 0.2) is 0 Å². The van der Waals surface area contributed by atoms with Crippen LogP contribution in [0, 0.1) is 0 Å². The molecule has 0 aliphatic heterocycles. The molecule has 0 saturated heterocycles. The fourth-order valence-corrected chi connectivity index (χ4v) is 2.97. The largest absolute Gasteiger partial charge is 0.244 e. The van der Waals surface area contributed by atoms with Gasteiger partial charge in [0.05, 0.1) is 4.90 Å². The standard InChI is InChI=1S/C12H10N6S/c1-2-4-11(5-3-1)19(12-6-13-8-14-7-12)17-18-9-15-16-10-18/h1-10H. The second-order valence-electron chi connectivity index (χ2n) is 3.60. The first kappa shape index (κ1) is 11.7. The highest BCUT2D eigenvalue weighted by atomic mass is 32.2. The summed E-state index contributed by atoms with van der Waals surface area (Å²) in [6, 6.07) is 10.0. The fraction of sp³-hybridized carbons (Fsp3) is 0. The number of rotatable bonds is 3. The third-order valence-electron chi connectivity index (χ3n) is 2.31. The Labute approximate surface area is 112 Å². The molecule has 2 aromatic heterocycles. The van der Waals surface area contributed by atoms with E-state index in [1.807, 2.05) is 30.3 Å². The molecule has 19 heavy (non-hydrogen) atoms. The SMILES string of the molecule is c1ccc(/S(=N\n2cnnc2)c2cncnc2)cc1. The van der Waals surface area contributed by atoms with Crippen LogP contribution in [-0.2, 0) is 10.7 Å². The van der Waals surface area contributed by atoms with Gasteiger partial charge >= 0.3 is 0 Å². The summed E-state index contributed by atoms with van der Waals surface area (Å²) in [5.41, 5.74) is 0. The van der Waals surface area contributed by atoms with E-state index >= 15 is 0 Å². The molecule has 0 N–H and O–H groups in total. The molecule has 0 bridgehead atoms. The molecule has 1 aromatic carbocycles. The van der Waals surface area contributed by atoms with Gasteiger partial charge in [0, 0.05) is 17.3 Å². The van der Waals surface area contributed by atoms with E-state index in [1.54, 1.807) is 29.7 Å². The highest BCUT2D eigenvalue weighted by Gasteiger charge is 2.06. The molecule has 0 fully saturated rings. The van der Waals surface area contributed by atoms with E-state index in [4.69, 9.17) is 0 Å². The summed E-state index contributed by atoms with van der Waals surface area (Å²) in [7, 11) is -0.498. The zero-order valence-electron chi connectivity index (χ0n) is 9.87. The highest BCUT2D eigenvalue weighted by Crippen LogP contribution is 2.17. The molecule has 0 amide bonds. The maximum atomic E-state index is 4.60. The van der Waals surface area contributed by atoms with Gasteiger partial charge in [-0.2, -0.15) is 0 Å². The molecule has 1 unspecified atom stereocenters. The van der Waals surface area contributed by atoms with Crippen LogP contribution in [0.1, 0.15) is 0 Å². The molecule has 0 aliphatic carbocycles. The van der Waals surface area contributed by atoms with E-state index in [2.05, 4.69) is 24.6 Å². The molecule has 94 valence electrons. The van der Waals surface area contributed by atoms with E-state index < -0.39 is 10.7 Å². The summed E-state index contributed by atoms with van der Waals surface area (Å²) < 4.78 is 6.20. The summed E-state index contributed by atoms with van der Waals surface area (Å²) in [6.07, 6.45) is 8.18. The summed E-state index contributed by atoms with van der Waals surface area (Å²) in [5, 5.41) is 7.51. The Bertz CT molecular complexity index is 624. The lowest BCUT2D eigenvalue weighted by atomic mass is 10.4. The maximum absolute atomic E-state index is 4.60. The predicted octanol–water partition coefficient (Wildman–Crippen LogP) is 1.75. The van der Waals surface area contributed by atoms with Crippen LogP contribution in [0.5, 0.6) is 0 Å². The minimum atomic E-state index is -0.498. The second-order valence-corrected chi connectivity index (χ2v) is 5.27. The molecule has 7 heteroatoms. The van der Waals surface area contributed by atoms with Crippen molar-refractivity contribution in [1.82, 2.24) is 24.8 Å². The van der Waals surface area contributed by atoms with E-state index in [0.29, 0.717) is 0 Å². The Morgan fingerprint density at radius 3 is 2.26 bits per heavy atom. The average Bonchev–Trinajstić information content (AvgIpc) is 3.00. The number of aromatic nitrogens is 5. The van der Waals surface area contributed by atoms with E-state index in [9.17, 15) is 0 Å². The Morgan fingerprint density at radius 1 is 0.895 bits per heavy atom. The van der Waals surface area contributed by atoms with Gasteiger partial charge in [-0.1, -0.05) is 18.2 Å². The van der Waals surface area contributed by atoms with Crippen LogP contribution in [0.4, 0.5) is 0 Å². The molecule has 0 saturated carbocycles. The molecule has 0 aliphatic rings. The molecule has 2 heterocycles. The average molecular weight is 270 g/mol. The normalized spacial score (nSPS) is 12.4. The zero-order chi connectivity index (χ0) is 12.9. The Hall–Kier alpha value is -2.41. The lowest BCUT2D eigenvalue weighted by molar-refractivity contribution is 0.886. The van der Waals surface area contributed by atoms with E-state index in [1.165, 1.54) is 6.33 Å². The Morgan fingerprint density at radius 2 is 1.58 bits per heavy atom. The number of hydrogen-bond acceptors (Lipinski definition) is 5. The zero-order valence-corrected chi connectivity index (χ0v) is 10.7. The lowest BCUT2D eigenvalue weighted by Crippen LogP contribution is -1.97. The van der Waals surface area contributed by atoms with Gasteiger partial charge in [-0.15, -0.1) is 14.7 Å². The summed E-state index contributed by atoms with van der Waals surface area (Å²) in [6.45, 7) is 0. The van der Waals surface area contributed by atoms with Crippen molar-refractivity contribution in [2.45, 2.75) is 9.79 Å². The molecule has 3 rings (SSSR count).